The van der Waals surface area contributed by atoms with Crippen LogP contribution in [0.3, 0.4) is 0 Å². The lowest BCUT2D eigenvalue weighted by Crippen LogP contribution is -2.39. The van der Waals surface area contributed by atoms with Crippen molar-refractivity contribution in [3.8, 4) is 5.75 Å². The summed E-state index contributed by atoms with van der Waals surface area (Å²) < 4.78 is 5.66. The van der Waals surface area contributed by atoms with Crippen LogP contribution >= 0.6 is 11.6 Å². The Balaban J connectivity index is 1.99. The molecule has 5 heteroatoms. The summed E-state index contributed by atoms with van der Waals surface area (Å²) in [6.07, 6.45) is 1.26. The quantitative estimate of drug-likeness (QED) is 0.722. The van der Waals surface area contributed by atoms with Gasteiger partial charge in [0.25, 0.3) is 0 Å². The Labute approximate surface area is 148 Å². The Morgan fingerprint density at radius 3 is 2.21 bits per heavy atom. The van der Waals surface area contributed by atoms with Gasteiger partial charge in [-0.3, -0.25) is 0 Å². The fourth-order valence-corrected chi connectivity index (χ4v) is 2.61. The monoisotopic (exact) mass is 346 g/mol. The van der Waals surface area contributed by atoms with E-state index in [1.807, 2.05) is 18.2 Å². The van der Waals surface area contributed by atoms with Gasteiger partial charge in [0.2, 0.25) is 0 Å². The van der Waals surface area contributed by atoms with Gasteiger partial charge in [-0.05, 0) is 55.2 Å². The average molecular weight is 347 g/mol. The van der Waals surface area contributed by atoms with Gasteiger partial charge < -0.3 is 15.4 Å². The van der Waals surface area contributed by atoms with Gasteiger partial charge in [0.15, 0.2) is 6.23 Å². The van der Waals surface area contributed by atoms with Crippen LogP contribution in [0.4, 0.5) is 10.5 Å². The van der Waals surface area contributed by atoms with Crippen molar-refractivity contribution < 1.29 is 9.53 Å². The highest BCUT2D eigenvalue weighted by atomic mass is 35.5. The first-order valence-electron chi connectivity index (χ1n) is 8.14. The Morgan fingerprint density at radius 1 is 1.08 bits per heavy atom. The molecule has 0 heterocycles. The van der Waals surface area contributed by atoms with E-state index in [2.05, 4.69) is 24.5 Å². The van der Waals surface area contributed by atoms with Crippen LogP contribution in [0.1, 0.15) is 31.9 Å². The molecule has 0 aliphatic rings. The minimum atomic E-state index is -0.468. The summed E-state index contributed by atoms with van der Waals surface area (Å²) in [5, 5.41) is 6.39. The van der Waals surface area contributed by atoms with Crippen molar-refractivity contribution in [3.05, 3.63) is 58.6 Å². The van der Waals surface area contributed by atoms with Crippen LogP contribution < -0.4 is 15.4 Å². The maximum Gasteiger partial charge on any atom is 0.322 e. The minimum Gasteiger partial charge on any atom is -0.471 e. The molecule has 0 aliphatic heterocycles. The largest absolute Gasteiger partial charge is 0.471 e. The number of para-hydroxylation sites is 1. The average Bonchev–Trinajstić information content (AvgIpc) is 2.57. The van der Waals surface area contributed by atoms with Crippen molar-refractivity contribution in [2.75, 3.05) is 5.32 Å². The molecule has 2 amide bonds. The normalized spacial score (nSPS) is 11.7. The molecule has 0 spiro atoms. The van der Waals surface area contributed by atoms with Crippen LogP contribution in [0.2, 0.25) is 5.02 Å². The maximum atomic E-state index is 12.3. The molecular weight excluding hydrogens is 324 g/mol. The summed E-state index contributed by atoms with van der Waals surface area (Å²) >= 11 is 5.84. The second-order valence-electron chi connectivity index (χ2n) is 5.47. The predicted molar refractivity (Wildman–Crippen MR) is 98.9 cm³/mol. The first-order chi connectivity index (χ1) is 11.5. The molecule has 1 unspecified atom stereocenters. The molecule has 4 nitrogen and oxygen atoms in total. The van der Waals surface area contributed by atoms with Crippen LogP contribution in [0.15, 0.2) is 42.5 Å². The van der Waals surface area contributed by atoms with Crippen LogP contribution in [0.5, 0.6) is 5.75 Å². The van der Waals surface area contributed by atoms with Crippen LogP contribution in [0.25, 0.3) is 0 Å². The number of hydrogen-bond acceptors (Lipinski definition) is 2. The van der Waals surface area contributed by atoms with Crippen molar-refractivity contribution in [1.82, 2.24) is 5.32 Å². The zero-order valence-electron chi connectivity index (χ0n) is 14.2. The van der Waals surface area contributed by atoms with Crippen molar-refractivity contribution in [3.63, 3.8) is 0 Å². The van der Waals surface area contributed by atoms with Crippen LogP contribution in [-0.2, 0) is 12.8 Å². The SMILES string of the molecule is CCc1cccc(CC)c1NC(=O)NC(C)Oc1ccc(Cl)cc1. The van der Waals surface area contributed by atoms with Gasteiger partial charge in [0.1, 0.15) is 5.75 Å². The number of halogens is 1. The molecule has 2 N–H and O–H groups in total. The molecule has 0 fully saturated rings. The van der Waals surface area contributed by atoms with E-state index in [1.165, 1.54) is 0 Å². The zero-order chi connectivity index (χ0) is 17.5. The Hall–Kier alpha value is -2.20. The molecule has 128 valence electrons. The second-order valence-corrected chi connectivity index (χ2v) is 5.91. The lowest BCUT2D eigenvalue weighted by Gasteiger charge is -2.19. The smallest absolute Gasteiger partial charge is 0.322 e. The highest BCUT2D eigenvalue weighted by molar-refractivity contribution is 6.30. The Bertz CT molecular complexity index is 664. The van der Waals surface area contributed by atoms with Gasteiger partial charge in [-0.25, -0.2) is 4.79 Å². The summed E-state index contributed by atoms with van der Waals surface area (Å²) in [4.78, 5) is 12.3. The molecule has 2 rings (SSSR count). The molecule has 2 aromatic carbocycles. The van der Waals surface area contributed by atoms with Crippen molar-refractivity contribution in [2.45, 2.75) is 39.8 Å². The number of aryl methyl sites for hydroxylation is 2. The van der Waals surface area contributed by atoms with Crippen LogP contribution in [-0.4, -0.2) is 12.3 Å². The molecule has 1 atom stereocenters. The van der Waals surface area contributed by atoms with Gasteiger partial charge in [0.05, 0.1) is 0 Å². The summed E-state index contributed by atoms with van der Waals surface area (Å²) in [5.74, 6) is 0.649. The fraction of sp³-hybridized carbons (Fsp3) is 0.316. The van der Waals surface area contributed by atoms with Gasteiger partial charge in [-0.2, -0.15) is 0 Å². The maximum absolute atomic E-state index is 12.3. The third-order valence-corrected chi connectivity index (χ3v) is 3.95. The van der Waals surface area contributed by atoms with Gasteiger partial charge in [-0.15, -0.1) is 0 Å². The number of amides is 2. The number of ether oxygens (including phenoxy) is 1. The Kier molecular flexibility index (Phi) is 6.50. The summed E-state index contributed by atoms with van der Waals surface area (Å²) in [5.41, 5.74) is 3.13. The fourth-order valence-electron chi connectivity index (χ4n) is 2.48. The first kappa shape index (κ1) is 18.1. The van der Waals surface area contributed by atoms with Gasteiger partial charge >= 0.3 is 6.03 Å². The molecular formula is C19H23ClN2O2. The second kappa shape index (κ2) is 8.60. The Morgan fingerprint density at radius 2 is 1.67 bits per heavy atom. The van der Waals surface area contributed by atoms with E-state index < -0.39 is 6.23 Å². The molecule has 0 aliphatic carbocycles. The molecule has 0 radical (unpaired) electrons. The van der Waals surface area contributed by atoms with E-state index >= 15 is 0 Å². The van der Waals surface area contributed by atoms with Crippen molar-refractivity contribution in [2.24, 2.45) is 0 Å². The van der Waals surface area contributed by atoms with E-state index in [4.69, 9.17) is 16.3 Å². The molecule has 0 bridgehead atoms. The molecule has 2 aromatic rings. The van der Waals surface area contributed by atoms with E-state index in [9.17, 15) is 4.79 Å². The molecule has 24 heavy (non-hydrogen) atoms. The standard InChI is InChI=1S/C19H23ClN2O2/c1-4-14-7-6-8-15(5-2)18(14)22-19(23)21-13(3)24-17-11-9-16(20)10-12-17/h6-13H,4-5H2,1-3H3,(H2,21,22,23). The summed E-state index contributed by atoms with van der Waals surface area (Å²) in [7, 11) is 0. The van der Waals surface area contributed by atoms with Crippen LogP contribution in [0, 0.1) is 0 Å². The number of hydrogen-bond donors (Lipinski definition) is 2. The summed E-state index contributed by atoms with van der Waals surface area (Å²) in [6.45, 7) is 5.93. The highest BCUT2D eigenvalue weighted by Crippen LogP contribution is 2.22. The lowest BCUT2D eigenvalue weighted by molar-refractivity contribution is 0.183. The first-order valence-corrected chi connectivity index (χ1v) is 8.51. The molecule has 0 saturated carbocycles. The van der Waals surface area contributed by atoms with E-state index in [0.717, 1.165) is 29.7 Å². The third-order valence-electron chi connectivity index (χ3n) is 3.70. The number of rotatable bonds is 6. The van der Waals surface area contributed by atoms with Gasteiger partial charge in [0, 0.05) is 10.7 Å². The third kappa shape index (κ3) is 4.90. The zero-order valence-corrected chi connectivity index (χ0v) is 15.0. The summed E-state index contributed by atoms with van der Waals surface area (Å²) in [6, 6.07) is 12.8. The molecule has 0 saturated heterocycles. The number of urea groups is 1. The van der Waals surface area contributed by atoms with Crippen molar-refractivity contribution >= 4 is 23.3 Å². The van der Waals surface area contributed by atoms with Gasteiger partial charge in [-0.1, -0.05) is 43.6 Å². The minimum absolute atomic E-state index is 0.285. The topological polar surface area (TPSA) is 50.4 Å². The predicted octanol–water partition coefficient (Wildman–Crippen LogP) is 5.01. The number of anilines is 1. The van der Waals surface area contributed by atoms with E-state index in [0.29, 0.717) is 10.8 Å². The van der Waals surface area contributed by atoms with Crippen molar-refractivity contribution in [1.29, 1.82) is 0 Å². The number of carbonyl (C=O) groups excluding carboxylic acids is 1. The lowest BCUT2D eigenvalue weighted by atomic mass is 10.0. The highest BCUT2D eigenvalue weighted by Gasteiger charge is 2.12. The molecule has 0 aromatic heterocycles. The number of carbonyl (C=O) groups is 1. The van der Waals surface area contributed by atoms with E-state index in [-0.39, 0.29) is 6.03 Å². The number of nitrogens with one attached hydrogen (secondary N) is 2. The number of benzene rings is 2. The van der Waals surface area contributed by atoms with E-state index in [1.54, 1.807) is 31.2 Å².